The van der Waals surface area contributed by atoms with Crippen LogP contribution in [0.4, 0.5) is 0 Å². The molecule has 1 aromatic carbocycles. The standard InChI is InChI=1S/C14H21NO2/c1-10(2)9-15(11(3)4)14(17)12-6-5-7-13(16)8-12/h5-8,10-11,16H,9H2,1-4H3. The quantitative estimate of drug-likeness (QED) is 0.871. The Morgan fingerprint density at radius 1 is 1.29 bits per heavy atom. The lowest BCUT2D eigenvalue weighted by atomic mass is 10.1. The van der Waals surface area contributed by atoms with Crippen LogP contribution in [0, 0.1) is 5.92 Å². The number of amides is 1. The SMILES string of the molecule is CC(C)CN(C(=O)c1cccc(O)c1)C(C)C. The average molecular weight is 235 g/mol. The van der Waals surface area contributed by atoms with E-state index < -0.39 is 0 Å². The second-order valence-corrected chi connectivity index (χ2v) is 5.00. The second kappa shape index (κ2) is 5.71. The fourth-order valence-electron chi connectivity index (χ4n) is 1.73. The van der Waals surface area contributed by atoms with Crippen LogP contribution < -0.4 is 0 Å². The molecule has 1 amide bonds. The van der Waals surface area contributed by atoms with Gasteiger partial charge in [0.2, 0.25) is 0 Å². The van der Waals surface area contributed by atoms with E-state index in [1.165, 1.54) is 6.07 Å². The minimum absolute atomic E-state index is 0.0235. The lowest BCUT2D eigenvalue weighted by Gasteiger charge is -2.28. The predicted octanol–water partition coefficient (Wildman–Crippen LogP) is 2.90. The van der Waals surface area contributed by atoms with Gasteiger partial charge in [-0.05, 0) is 38.0 Å². The highest BCUT2D eigenvalue weighted by molar-refractivity contribution is 5.94. The Hall–Kier alpha value is -1.51. The zero-order valence-corrected chi connectivity index (χ0v) is 11.0. The summed E-state index contributed by atoms with van der Waals surface area (Å²) >= 11 is 0. The first kappa shape index (κ1) is 13.6. The van der Waals surface area contributed by atoms with Crippen molar-refractivity contribution < 1.29 is 9.90 Å². The second-order valence-electron chi connectivity index (χ2n) is 5.00. The van der Waals surface area contributed by atoms with Crippen molar-refractivity contribution in [3.05, 3.63) is 29.8 Å². The van der Waals surface area contributed by atoms with Crippen molar-refractivity contribution in [1.29, 1.82) is 0 Å². The number of rotatable bonds is 4. The summed E-state index contributed by atoms with van der Waals surface area (Å²) in [6.07, 6.45) is 0. The molecule has 17 heavy (non-hydrogen) atoms. The van der Waals surface area contributed by atoms with Gasteiger partial charge in [0, 0.05) is 18.2 Å². The van der Waals surface area contributed by atoms with Crippen LogP contribution in [-0.2, 0) is 0 Å². The molecule has 1 rings (SSSR count). The van der Waals surface area contributed by atoms with Gasteiger partial charge in [-0.2, -0.15) is 0 Å². The van der Waals surface area contributed by atoms with Crippen molar-refractivity contribution in [3.63, 3.8) is 0 Å². The Bertz CT molecular complexity index is 386. The Morgan fingerprint density at radius 3 is 2.41 bits per heavy atom. The third-order valence-corrected chi connectivity index (χ3v) is 2.54. The molecule has 0 saturated carbocycles. The minimum Gasteiger partial charge on any atom is -0.508 e. The van der Waals surface area contributed by atoms with Crippen LogP contribution in [0.15, 0.2) is 24.3 Å². The van der Waals surface area contributed by atoms with Gasteiger partial charge in [0.05, 0.1) is 0 Å². The van der Waals surface area contributed by atoms with Crippen molar-refractivity contribution >= 4 is 5.91 Å². The van der Waals surface area contributed by atoms with E-state index in [0.717, 1.165) is 6.54 Å². The van der Waals surface area contributed by atoms with Crippen LogP contribution in [0.5, 0.6) is 5.75 Å². The monoisotopic (exact) mass is 235 g/mol. The van der Waals surface area contributed by atoms with Crippen LogP contribution >= 0.6 is 0 Å². The highest BCUT2D eigenvalue weighted by Crippen LogP contribution is 2.15. The first-order chi connectivity index (χ1) is 7.91. The predicted molar refractivity (Wildman–Crippen MR) is 69.1 cm³/mol. The van der Waals surface area contributed by atoms with E-state index in [2.05, 4.69) is 13.8 Å². The largest absolute Gasteiger partial charge is 0.508 e. The number of phenols is 1. The minimum atomic E-state index is -0.0235. The van der Waals surface area contributed by atoms with Crippen molar-refractivity contribution in [2.45, 2.75) is 33.7 Å². The van der Waals surface area contributed by atoms with Crippen molar-refractivity contribution in [1.82, 2.24) is 4.90 Å². The number of aromatic hydroxyl groups is 1. The molecule has 0 aliphatic carbocycles. The van der Waals surface area contributed by atoms with Gasteiger partial charge in [0.15, 0.2) is 0 Å². The molecule has 0 aromatic heterocycles. The number of nitrogens with zero attached hydrogens (tertiary/aromatic N) is 1. The number of carbonyl (C=O) groups excluding carboxylic acids is 1. The summed E-state index contributed by atoms with van der Waals surface area (Å²) in [5.74, 6) is 0.535. The Balaban J connectivity index is 2.92. The van der Waals surface area contributed by atoms with Crippen LogP contribution in [0.1, 0.15) is 38.1 Å². The van der Waals surface area contributed by atoms with Gasteiger partial charge < -0.3 is 10.0 Å². The molecule has 0 radical (unpaired) electrons. The molecule has 0 spiro atoms. The maximum atomic E-state index is 12.3. The van der Waals surface area contributed by atoms with Gasteiger partial charge in [0.1, 0.15) is 5.75 Å². The molecule has 1 aromatic rings. The molecular weight excluding hydrogens is 214 g/mol. The van der Waals surface area contributed by atoms with Gasteiger partial charge in [-0.1, -0.05) is 19.9 Å². The molecule has 3 nitrogen and oxygen atoms in total. The average Bonchev–Trinajstić information content (AvgIpc) is 2.24. The molecule has 0 saturated heterocycles. The first-order valence-corrected chi connectivity index (χ1v) is 6.01. The lowest BCUT2D eigenvalue weighted by Crippen LogP contribution is -2.39. The number of benzene rings is 1. The lowest BCUT2D eigenvalue weighted by molar-refractivity contribution is 0.0681. The number of carbonyl (C=O) groups is 1. The molecule has 3 heteroatoms. The van der Waals surface area contributed by atoms with E-state index in [4.69, 9.17) is 0 Å². The topological polar surface area (TPSA) is 40.5 Å². The zero-order chi connectivity index (χ0) is 13.0. The van der Waals surface area contributed by atoms with Crippen LogP contribution in [0.25, 0.3) is 0 Å². The summed E-state index contributed by atoms with van der Waals surface area (Å²) in [7, 11) is 0. The maximum absolute atomic E-state index is 12.3. The Morgan fingerprint density at radius 2 is 1.94 bits per heavy atom. The van der Waals surface area contributed by atoms with E-state index >= 15 is 0 Å². The highest BCUT2D eigenvalue weighted by Gasteiger charge is 2.19. The molecule has 0 aliphatic heterocycles. The van der Waals surface area contributed by atoms with E-state index in [1.54, 1.807) is 18.2 Å². The maximum Gasteiger partial charge on any atom is 0.254 e. The summed E-state index contributed by atoms with van der Waals surface area (Å²) in [6.45, 7) is 8.91. The molecule has 94 valence electrons. The normalized spacial score (nSPS) is 10.9. The molecule has 0 bridgehead atoms. The van der Waals surface area contributed by atoms with Crippen LogP contribution in [0.2, 0.25) is 0 Å². The summed E-state index contributed by atoms with van der Waals surface area (Å²) in [5, 5.41) is 9.39. The number of phenolic OH excluding ortho intramolecular Hbond substituents is 1. The Labute approximate surface area is 103 Å². The molecule has 0 aliphatic rings. The number of hydrogen-bond donors (Lipinski definition) is 1. The summed E-state index contributed by atoms with van der Waals surface area (Å²) < 4.78 is 0. The fourth-order valence-corrected chi connectivity index (χ4v) is 1.73. The Kier molecular flexibility index (Phi) is 4.55. The van der Waals surface area contributed by atoms with E-state index in [-0.39, 0.29) is 17.7 Å². The van der Waals surface area contributed by atoms with Gasteiger partial charge in [0.25, 0.3) is 5.91 Å². The zero-order valence-electron chi connectivity index (χ0n) is 11.0. The highest BCUT2D eigenvalue weighted by atomic mass is 16.3. The molecular formula is C14H21NO2. The fraction of sp³-hybridized carbons (Fsp3) is 0.500. The van der Waals surface area contributed by atoms with Crippen molar-refractivity contribution in [2.75, 3.05) is 6.54 Å². The van der Waals surface area contributed by atoms with Crippen LogP contribution in [0.3, 0.4) is 0 Å². The summed E-state index contributed by atoms with van der Waals surface area (Å²) in [6, 6.07) is 6.66. The third kappa shape index (κ3) is 3.77. The van der Waals surface area contributed by atoms with E-state index in [1.807, 2.05) is 18.7 Å². The third-order valence-electron chi connectivity index (χ3n) is 2.54. The molecule has 0 unspecified atom stereocenters. The van der Waals surface area contributed by atoms with Gasteiger partial charge in [-0.25, -0.2) is 0 Å². The number of hydrogen-bond acceptors (Lipinski definition) is 2. The van der Waals surface area contributed by atoms with Gasteiger partial charge in [-0.3, -0.25) is 4.79 Å². The molecule has 0 heterocycles. The molecule has 1 N–H and O–H groups in total. The van der Waals surface area contributed by atoms with Crippen molar-refractivity contribution in [3.8, 4) is 5.75 Å². The first-order valence-electron chi connectivity index (χ1n) is 6.01. The van der Waals surface area contributed by atoms with Gasteiger partial charge in [-0.15, -0.1) is 0 Å². The van der Waals surface area contributed by atoms with Crippen LogP contribution in [-0.4, -0.2) is 28.5 Å². The summed E-state index contributed by atoms with van der Waals surface area (Å²) in [4.78, 5) is 14.1. The van der Waals surface area contributed by atoms with Gasteiger partial charge >= 0.3 is 0 Å². The van der Waals surface area contributed by atoms with E-state index in [0.29, 0.717) is 11.5 Å². The van der Waals surface area contributed by atoms with Crippen molar-refractivity contribution in [2.24, 2.45) is 5.92 Å². The summed E-state index contributed by atoms with van der Waals surface area (Å²) in [5.41, 5.74) is 0.541. The smallest absolute Gasteiger partial charge is 0.254 e. The molecule has 0 fully saturated rings. The molecule has 0 atom stereocenters. The van der Waals surface area contributed by atoms with E-state index in [9.17, 15) is 9.90 Å².